The van der Waals surface area contributed by atoms with Gasteiger partial charge in [0.05, 0.1) is 13.2 Å². The van der Waals surface area contributed by atoms with E-state index in [1.807, 2.05) is 36.4 Å². The summed E-state index contributed by atoms with van der Waals surface area (Å²) >= 11 is 0. The molecule has 0 aromatic heterocycles. The van der Waals surface area contributed by atoms with Crippen molar-refractivity contribution in [3.63, 3.8) is 0 Å². The molecule has 0 heterocycles. The van der Waals surface area contributed by atoms with Gasteiger partial charge in [0.1, 0.15) is 23.0 Å². The third kappa shape index (κ3) is 8.91. The van der Waals surface area contributed by atoms with Crippen molar-refractivity contribution >= 4 is 35.1 Å². The summed E-state index contributed by atoms with van der Waals surface area (Å²) in [6.07, 6.45) is 17.4. The quantitative estimate of drug-likeness (QED) is 0.105. The van der Waals surface area contributed by atoms with Gasteiger partial charge < -0.3 is 19.7 Å². The first-order valence-electron chi connectivity index (χ1n) is 15.4. The Labute approximate surface area is 251 Å². The first-order chi connectivity index (χ1) is 20.6. The van der Waals surface area contributed by atoms with Gasteiger partial charge in [-0.05, 0) is 60.4 Å². The highest BCUT2D eigenvalue weighted by Crippen LogP contribution is 2.39. The minimum atomic E-state index is 0.256. The number of phenolic OH excluding ortho intramolecular Hbond substituents is 2. The molecule has 4 aromatic carbocycles. The van der Waals surface area contributed by atoms with Crippen LogP contribution in [0.2, 0.25) is 0 Å². The Balaban J connectivity index is 1.72. The van der Waals surface area contributed by atoms with Crippen LogP contribution in [0, 0.1) is 0 Å². The molecule has 0 bridgehead atoms. The van der Waals surface area contributed by atoms with E-state index in [1.54, 1.807) is 24.3 Å². The smallest absolute Gasteiger partial charge is 0.134 e. The number of benzene rings is 4. The molecule has 0 fully saturated rings. The van der Waals surface area contributed by atoms with Gasteiger partial charge in [-0.25, -0.2) is 0 Å². The summed E-state index contributed by atoms with van der Waals surface area (Å²) < 4.78 is 13.0. The summed E-state index contributed by atoms with van der Waals surface area (Å²) in [5, 5.41) is 21.4. The van der Waals surface area contributed by atoms with Gasteiger partial charge in [0.25, 0.3) is 0 Å². The van der Waals surface area contributed by atoms with Crippen LogP contribution in [0.5, 0.6) is 23.0 Å². The van der Waals surface area contributed by atoms with Crippen molar-refractivity contribution in [2.45, 2.75) is 65.2 Å². The molecule has 0 spiro atoms. The van der Waals surface area contributed by atoms with Crippen LogP contribution in [-0.4, -0.2) is 23.4 Å². The molecule has 0 aliphatic carbocycles. The molecule has 42 heavy (non-hydrogen) atoms. The van der Waals surface area contributed by atoms with Gasteiger partial charge >= 0.3 is 0 Å². The van der Waals surface area contributed by atoms with Crippen molar-refractivity contribution in [2.75, 3.05) is 13.2 Å². The fourth-order valence-electron chi connectivity index (χ4n) is 4.92. The van der Waals surface area contributed by atoms with Crippen molar-refractivity contribution in [2.24, 2.45) is 0 Å². The average molecular weight is 565 g/mol. The van der Waals surface area contributed by atoms with Gasteiger partial charge in [0, 0.05) is 21.9 Å². The zero-order valence-electron chi connectivity index (χ0n) is 25.0. The largest absolute Gasteiger partial charge is 0.508 e. The summed E-state index contributed by atoms with van der Waals surface area (Å²) in [5.74, 6) is 2.24. The average Bonchev–Trinajstić information content (AvgIpc) is 3.01. The van der Waals surface area contributed by atoms with Crippen molar-refractivity contribution in [3.05, 3.63) is 95.1 Å². The SMILES string of the molecule is CCCCCCOc1c(/C=C/c2ccc(O)cc2)ccc2c(OCCCCCC)c(/C=C/c3ccc(O)cc3)ccc12. The summed E-state index contributed by atoms with van der Waals surface area (Å²) in [6, 6.07) is 22.9. The molecular formula is C38H44O4. The van der Waals surface area contributed by atoms with Crippen molar-refractivity contribution < 1.29 is 19.7 Å². The molecule has 4 nitrogen and oxygen atoms in total. The summed E-state index contributed by atoms with van der Waals surface area (Å²) in [7, 11) is 0. The minimum absolute atomic E-state index is 0.256. The number of aromatic hydroxyl groups is 2. The maximum atomic E-state index is 9.66. The van der Waals surface area contributed by atoms with Gasteiger partial charge in [-0.1, -0.05) is 113 Å². The molecule has 0 atom stereocenters. The van der Waals surface area contributed by atoms with Crippen LogP contribution < -0.4 is 9.47 Å². The molecule has 4 aromatic rings. The lowest BCUT2D eigenvalue weighted by Crippen LogP contribution is -2.02. The molecule has 0 saturated carbocycles. The second-order valence-electron chi connectivity index (χ2n) is 10.7. The van der Waals surface area contributed by atoms with E-state index in [9.17, 15) is 10.2 Å². The van der Waals surface area contributed by atoms with Crippen molar-refractivity contribution in [1.82, 2.24) is 0 Å². The topological polar surface area (TPSA) is 58.9 Å². The number of phenols is 2. The Morgan fingerprint density at radius 2 is 0.881 bits per heavy atom. The van der Waals surface area contributed by atoms with E-state index in [-0.39, 0.29) is 11.5 Å². The number of fused-ring (bicyclic) bond motifs is 1. The van der Waals surface area contributed by atoms with Crippen LogP contribution >= 0.6 is 0 Å². The monoisotopic (exact) mass is 564 g/mol. The Kier molecular flexibility index (Phi) is 11.9. The van der Waals surface area contributed by atoms with Crippen LogP contribution in [0.4, 0.5) is 0 Å². The number of hydrogen-bond donors (Lipinski definition) is 2. The van der Waals surface area contributed by atoms with Crippen molar-refractivity contribution in [3.8, 4) is 23.0 Å². The Morgan fingerprint density at radius 1 is 0.476 bits per heavy atom. The molecule has 2 N–H and O–H groups in total. The first-order valence-corrected chi connectivity index (χ1v) is 15.4. The third-order valence-electron chi connectivity index (χ3n) is 7.35. The third-order valence-corrected chi connectivity index (χ3v) is 7.35. The van der Waals surface area contributed by atoms with E-state index in [1.165, 1.54) is 25.7 Å². The zero-order chi connectivity index (χ0) is 29.6. The van der Waals surface area contributed by atoms with Gasteiger partial charge in [-0.15, -0.1) is 0 Å². The second-order valence-corrected chi connectivity index (χ2v) is 10.7. The van der Waals surface area contributed by atoms with E-state index < -0.39 is 0 Å². The highest BCUT2D eigenvalue weighted by molar-refractivity contribution is 5.99. The van der Waals surface area contributed by atoms with Crippen LogP contribution in [-0.2, 0) is 0 Å². The lowest BCUT2D eigenvalue weighted by Gasteiger charge is -2.17. The molecule has 0 unspecified atom stereocenters. The predicted octanol–water partition coefficient (Wildman–Crippen LogP) is 10.5. The molecule has 0 aliphatic rings. The Hall–Kier alpha value is -4.18. The normalized spacial score (nSPS) is 11.6. The number of rotatable bonds is 16. The fraction of sp³-hybridized carbons (Fsp3) is 0.316. The second kappa shape index (κ2) is 16.3. The summed E-state index contributed by atoms with van der Waals surface area (Å²) in [5.41, 5.74) is 4.03. The first kappa shape index (κ1) is 30.8. The van der Waals surface area contributed by atoms with E-state index in [2.05, 4.69) is 50.3 Å². The zero-order valence-corrected chi connectivity index (χ0v) is 25.0. The van der Waals surface area contributed by atoms with Gasteiger partial charge in [0.2, 0.25) is 0 Å². The maximum Gasteiger partial charge on any atom is 0.134 e. The molecule has 220 valence electrons. The molecule has 0 aliphatic heterocycles. The van der Waals surface area contributed by atoms with Crippen molar-refractivity contribution in [1.29, 1.82) is 0 Å². The van der Waals surface area contributed by atoms with E-state index in [0.717, 1.165) is 70.2 Å². The number of ether oxygens (including phenoxy) is 2. The van der Waals surface area contributed by atoms with E-state index in [0.29, 0.717) is 13.2 Å². The molecule has 4 rings (SSSR count). The lowest BCUT2D eigenvalue weighted by atomic mass is 9.99. The lowest BCUT2D eigenvalue weighted by molar-refractivity contribution is 0.305. The Morgan fingerprint density at radius 3 is 1.26 bits per heavy atom. The summed E-state index contributed by atoms with van der Waals surface area (Å²) in [6.45, 7) is 5.76. The minimum Gasteiger partial charge on any atom is -0.508 e. The number of hydrogen-bond acceptors (Lipinski definition) is 4. The number of unbranched alkanes of at least 4 members (excludes halogenated alkanes) is 6. The predicted molar refractivity (Wildman–Crippen MR) is 177 cm³/mol. The molecular weight excluding hydrogens is 520 g/mol. The molecule has 0 radical (unpaired) electrons. The van der Waals surface area contributed by atoms with Crippen LogP contribution in [0.15, 0.2) is 72.8 Å². The van der Waals surface area contributed by atoms with Crippen LogP contribution in [0.25, 0.3) is 35.1 Å². The highest BCUT2D eigenvalue weighted by atomic mass is 16.5. The molecule has 0 saturated heterocycles. The Bertz CT molecular complexity index is 1340. The van der Waals surface area contributed by atoms with E-state index >= 15 is 0 Å². The van der Waals surface area contributed by atoms with Crippen LogP contribution in [0.1, 0.15) is 87.5 Å². The van der Waals surface area contributed by atoms with Crippen LogP contribution in [0.3, 0.4) is 0 Å². The van der Waals surface area contributed by atoms with Gasteiger partial charge in [-0.2, -0.15) is 0 Å². The van der Waals surface area contributed by atoms with Gasteiger partial charge in [0.15, 0.2) is 0 Å². The van der Waals surface area contributed by atoms with E-state index in [4.69, 9.17) is 9.47 Å². The highest BCUT2D eigenvalue weighted by Gasteiger charge is 2.14. The standard InChI is InChI=1S/C38H44O4/c1-3-5-7-9-27-41-37-31(17-11-29-13-21-33(39)22-14-29)19-26-36-35(37)25-20-32(38(36)42-28-10-8-6-4-2)18-12-30-15-23-34(40)24-16-30/h11-26,39-40H,3-10,27-28H2,1-2H3/b17-11+,18-12+. The maximum absolute atomic E-state index is 9.66. The summed E-state index contributed by atoms with van der Waals surface area (Å²) in [4.78, 5) is 0. The molecule has 4 heteroatoms. The van der Waals surface area contributed by atoms with Gasteiger partial charge in [-0.3, -0.25) is 0 Å². The fourth-order valence-corrected chi connectivity index (χ4v) is 4.92. The molecule has 0 amide bonds.